The molecule has 1 aromatic rings. The van der Waals surface area contributed by atoms with Gasteiger partial charge in [0.2, 0.25) is 0 Å². The highest BCUT2D eigenvalue weighted by Gasteiger charge is 2.58. The fraction of sp³-hybridized carbons (Fsp3) is 0.609. The molecular weight excluding hydrogens is 418 g/mol. The van der Waals surface area contributed by atoms with Gasteiger partial charge in [-0.2, -0.15) is 0 Å². The maximum Gasteiger partial charge on any atom is 0.317 e. The van der Waals surface area contributed by atoms with Crippen LogP contribution in [0.5, 0.6) is 0 Å². The maximum absolute atomic E-state index is 13.2. The second-order valence-corrected chi connectivity index (χ2v) is 10.4. The molecular formula is C23H31NO8. The van der Waals surface area contributed by atoms with Gasteiger partial charge in [-0.25, -0.2) is 0 Å². The quantitative estimate of drug-likeness (QED) is 0.320. The van der Waals surface area contributed by atoms with Crippen LogP contribution in [-0.4, -0.2) is 44.6 Å². The number of ether oxygens (including phenoxy) is 2. The van der Waals surface area contributed by atoms with Crippen molar-refractivity contribution in [2.24, 2.45) is 11.8 Å². The lowest BCUT2D eigenvalue weighted by Crippen LogP contribution is -2.56. The van der Waals surface area contributed by atoms with Gasteiger partial charge in [-0.15, -0.1) is 0 Å². The van der Waals surface area contributed by atoms with Crippen LogP contribution in [0.3, 0.4) is 0 Å². The van der Waals surface area contributed by atoms with Crippen molar-refractivity contribution in [2.45, 2.75) is 77.6 Å². The molecule has 1 saturated carbocycles. The fourth-order valence-electron chi connectivity index (χ4n) is 3.99. The van der Waals surface area contributed by atoms with Gasteiger partial charge in [0.05, 0.1) is 16.4 Å². The van der Waals surface area contributed by atoms with Crippen LogP contribution in [0.15, 0.2) is 24.3 Å². The van der Waals surface area contributed by atoms with Gasteiger partial charge in [-0.05, 0) is 54.0 Å². The van der Waals surface area contributed by atoms with E-state index in [1.807, 2.05) is 0 Å². The monoisotopic (exact) mass is 449 g/mol. The average molecular weight is 450 g/mol. The molecule has 9 nitrogen and oxygen atoms in total. The third kappa shape index (κ3) is 5.91. The highest BCUT2D eigenvalue weighted by molar-refractivity contribution is 6.03. The number of hydrogen-bond acceptors (Lipinski definition) is 8. The molecule has 1 aliphatic rings. The number of nitrogens with zero attached hydrogens (tertiary/aromatic N) is 1. The number of benzene rings is 1. The number of rotatable bonds is 4. The first kappa shape index (κ1) is 25.5. The number of carbonyl (C=O) groups is 3. The summed E-state index contributed by atoms with van der Waals surface area (Å²) in [5, 5.41) is 22.4. The molecule has 0 bridgehead atoms. The lowest BCUT2D eigenvalue weighted by molar-refractivity contribution is -0.385. The standard InChI is InChI=1S/C23H31NO8/c1-21(2,3)31-19(26)17-15(25)12-23(7,28)18(20(27)32-22(4,5)6)16(17)13-9-8-10-14(11-13)24(29)30/h8-11,16-18,28H,12H2,1-7H3/t16-,17+,18+,23+/m0/s1. The van der Waals surface area contributed by atoms with E-state index < -0.39 is 63.6 Å². The van der Waals surface area contributed by atoms with E-state index in [0.29, 0.717) is 0 Å². The smallest absolute Gasteiger partial charge is 0.317 e. The molecule has 1 fully saturated rings. The van der Waals surface area contributed by atoms with E-state index in [1.165, 1.54) is 31.2 Å². The zero-order valence-electron chi connectivity index (χ0n) is 19.5. The molecule has 0 spiro atoms. The molecule has 0 heterocycles. The number of hydrogen-bond donors (Lipinski definition) is 1. The van der Waals surface area contributed by atoms with Crippen LogP contribution in [0.25, 0.3) is 0 Å². The summed E-state index contributed by atoms with van der Waals surface area (Å²) in [7, 11) is 0. The van der Waals surface area contributed by atoms with E-state index in [1.54, 1.807) is 41.5 Å². The first-order valence-corrected chi connectivity index (χ1v) is 10.4. The minimum absolute atomic E-state index is 0.194. The molecule has 0 saturated heterocycles. The third-order valence-corrected chi connectivity index (χ3v) is 5.05. The van der Waals surface area contributed by atoms with Crippen LogP contribution in [-0.2, 0) is 23.9 Å². The van der Waals surface area contributed by atoms with Crippen LogP contribution in [0.4, 0.5) is 5.69 Å². The summed E-state index contributed by atoms with van der Waals surface area (Å²) in [5.74, 6) is -6.26. The maximum atomic E-state index is 13.2. The van der Waals surface area contributed by atoms with Crippen molar-refractivity contribution in [1.29, 1.82) is 0 Å². The van der Waals surface area contributed by atoms with E-state index >= 15 is 0 Å². The van der Waals surface area contributed by atoms with Gasteiger partial charge in [0.1, 0.15) is 17.1 Å². The summed E-state index contributed by atoms with van der Waals surface area (Å²) in [6.45, 7) is 11.2. The molecule has 1 N–H and O–H groups in total. The minimum atomic E-state index is -1.84. The van der Waals surface area contributed by atoms with Crippen molar-refractivity contribution < 1.29 is 33.9 Å². The molecule has 32 heavy (non-hydrogen) atoms. The van der Waals surface area contributed by atoms with Gasteiger partial charge in [0.25, 0.3) is 5.69 Å². The van der Waals surface area contributed by atoms with E-state index in [0.717, 1.165) is 0 Å². The Kier molecular flexibility index (Phi) is 6.85. The van der Waals surface area contributed by atoms with Crippen molar-refractivity contribution in [3.05, 3.63) is 39.9 Å². The van der Waals surface area contributed by atoms with E-state index in [9.17, 15) is 29.6 Å². The summed E-state index contributed by atoms with van der Waals surface area (Å²) in [5.41, 5.74) is -3.73. The van der Waals surface area contributed by atoms with Crippen molar-refractivity contribution in [1.82, 2.24) is 0 Å². The van der Waals surface area contributed by atoms with Crippen LogP contribution in [0, 0.1) is 22.0 Å². The molecule has 176 valence electrons. The van der Waals surface area contributed by atoms with Crippen molar-refractivity contribution in [3.8, 4) is 0 Å². The number of nitro groups is 1. The summed E-state index contributed by atoms with van der Waals surface area (Å²) in [6, 6.07) is 5.35. The largest absolute Gasteiger partial charge is 0.460 e. The molecule has 2 rings (SSSR count). The zero-order valence-corrected chi connectivity index (χ0v) is 19.5. The molecule has 0 unspecified atom stereocenters. The molecule has 0 amide bonds. The Morgan fingerprint density at radius 2 is 1.62 bits per heavy atom. The SMILES string of the molecule is CC(C)(C)OC(=O)[C@@H]1C(=O)C[C@@](C)(O)[C@@H](C(=O)OC(C)(C)C)[C@H]1c1cccc([N+](=O)[O-])c1. The molecule has 0 radical (unpaired) electrons. The van der Waals surface area contributed by atoms with E-state index in [4.69, 9.17) is 9.47 Å². The van der Waals surface area contributed by atoms with Crippen LogP contribution in [0.1, 0.15) is 66.4 Å². The normalized spacial score (nSPS) is 26.4. The van der Waals surface area contributed by atoms with Gasteiger partial charge >= 0.3 is 11.9 Å². The number of non-ortho nitro benzene ring substituents is 1. The summed E-state index contributed by atoms with van der Waals surface area (Å²) in [4.78, 5) is 50.1. The lowest BCUT2D eigenvalue weighted by Gasteiger charge is -2.44. The third-order valence-electron chi connectivity index (χ3n) is 5.05. The number of Topliss-reactive ketones (excluding diaryl/α,β-unsaturated/α-hetero) is 1. The number of carbonyl (C=O) groups excluding carboxylic acids is 3. The number of nitro benzene ring substituents is 1. The Balaban J connectivity index is 2.70. The first-order chi connectivity index (χ1) is 14.4. The van der Waals surface area contributed by atoms with Gasteiger partial charge in [0.15, 0.2) is 5.78 Å². The van der Waals surface area contributed by atoms with E-state index in [2.05, 4.69) is 0 Å². The molecule has 0 aromatic heterocycles. The molecule has 1 aliphatic carbocycles. The van der Waals surface area contributed by atoms with Crippen molar-refractivity contribution >= 4 is 23.4 Å². The summed E-state index contributed by atoms with van der Waals surface area (Å²) in [6.07, 6.45) is -0.466. The lowest BCUT2D eigenvalue weighted by atomic mass is 9.61. The van der Waals surface area contributed by atoms with Crippen molar-refractivity contribution in [3.63, 3.8) is 0 Å². The number of ketones is 1. The Morgan fingerprint density at radius 3 is 2.12 bits per heavy atom. The van der Waals surface area contributed by atoms with Crippen LogP contribution in [0.2, 0.25) is 0 Å². The topological polar surface area (TPSA) is 133 Å². The van der Waals surface area contributed by atoms with Gasteiger partial charge in [-0.1, -0.05) is 12.1 Å². The summed E-state index contributed by atoms with van der Waals surface area (Å²) < 4.78 is 11.0. The molecule has 1 aromatic carbocycles. The highest BCUT2D eigenvalue weighted by atomic mass is 16.6. The minimum Gasteiger partial charge on any atom is -0.460 e. The Hall–Kier alpha value is -2.81. The Bertz CT molecular complexity index is 923. The van der Waals surface area contributed by atoms with E-state index in [-0.39, 0.29) is 11.3 Å². The predicted octanol–water partition coefficient (Wildman–Crippen LogP) is 3.32. The second kappa shape index (κ2) is 8.61. The zero-order chi connectivity index (χ0) is 24.6. The Morgan fingerprint density at radius 1 is 1.09 bits per heavy atom. The van der Waals surface area contributed by atoms with Crippen LogP contribution >= 0.6 is 0 Å². The molecule has 0 aliphatic heterocycles. The summed E-state index contributed by atoms with van der Waals surface area (Å²) >= 11 is 0. The predicted molar refractivity (Wildman–Crippen MR) is 115 cm³/mol. The average Bonchev–Trinajstić information content (AvgIpc) is 2.56. The second-order valence-electron chi connectivity index (χ2n) is 10.4. The highest BCUT2D eigenvalue weighted by Crippen LogP contribution is 2.47. The fourth-order valence-corrected chi connectivity index (χ4v) is 3.99. The first-order valence-electron chi connectivity index (χ1n) is 10.4. The van der Waals surface area contributed by atoms with Crippen molar-refractivity contribution in [2.75, 3.05) is 0 Å². The Labute approximate surface area is 187 Å². The molecule has 4 atom stereocenters. The van der Waals surface area contributed by atoms with Gasteiger partial charge in [-0.3, -0.25) is 24.5 Å². The van der Waals surface area contributed by atoms with Gasteiger partial charge < -0.3 is 14.6 Å². The number of esters is 2. The van der Waals surface area contributed by atoms with Crippen LogP contribution < -0.4 is 0 Å². The molecule has 9 heteroatoms. The van der Waals surface area contributed by atoms with Gasteiger partial charge in [0, 0.05) is 24.5 Å². The number of aliphatic hydroxyl groups is 1.